The van der Waals surface area contributed by atoms with E-state index >= 15 is 0 Å². The summed E-state index contributed by atoms with van der Waals surface area (Å²) < 4.78 is 0. The van der Waals surface area contributed by atoms with Gasteiger partial charge in [-0.1, -0.05) is 170 Å². The van der Waals surface area contributed by atoms with Crippen molar-refractivity contribution in [2.45, 2.75) is 0 Å². The molecular formula is C46H32N2Si. The van der Waals surface area contributed by atoms with Gasteiger partial charge in [-0.15, -0.1) is 0 Å². The van der Waals surface area contributed by atoms with Crippen molar-refractivity contribution in [3.05, 3.63) is 217 Å². The fourth-order valence-corrected chi connectivity index (χ4v) is 13.2. The van der Waals surface area contributed by atoms with E-state index in [2.05, 4.69) is 194 Å². The van der Waals surface area contributed by atoms with E-state index in [1.807, 2.05) is 0 Å². The molecule has 6 aromatic carbocycles. The number of aromatic nitrogens is 2. The molecule has 1 aliphatic heterocycles. The van der Waals surface area contributed by atoms with E-state index in [0.29, 0.717) is 0 Å². The van der Waals surface area contributed by atoms with Crippen LogP contribution in [-0.2, 0) is 0 Å². The van der Waals surface area contributed by atoms with Crippen LogP contribution in [0.15, 0.2) is 194 Å². The minimum atomic E-state index is -3.16. The lowest BCUT2D eigenvalue weighted by molar-refractivity contribution is 1.35. The second-order valence-corrected chi connectivity index (χ2v) is 16.1. The van der Waals surface area contributed by atoms with Crippen LogP contribution in [-0.4, -0.2) is 18.0 Å². The van der Waals surface area contributed by atoms with E-state index in [4.69, 9.17) is 9.97 Å². The third-order valence-corrected chi connectivity index (χ3v) is 14.7. The quantitative estimate of drug-likeness (QED) is 0.169. The summed E-state index contributed by atoms with van der Waals surface area (Å²) in [6.45, 7) is 0. The minimum Gasteiger partial charge on any atom is -0.248 e. The third kappa shape index (κ3) is 4.78. The third-order valence-electron chi connectivity index (χ3n) is 9.75. The predicted octanol–water partition coefficient (Wildman–Crippen LogP) is 9.66. The first-order valence-corrected chi connectivity index (χ1v) is 18.8. The number of rotatable bonds is 6. The van der Waals surface area contributed by atoms with Gasteiger partial charge in [0.25, 0.3) is 0 Å². The minimum absolute atomic E-state index is 0.988. The van der Waals surface area contributed by atoms with Gasteiger partial charge in [0.15, 0.2) is 8.07 Å². The Morgan fingerprint density at radius 2 is 0.653 bits per heavy atom. The molecule has 0 N–H and O–H groups in total. The molecule has 2 nitrogen and oxygen atoms in total. The highest BCUT2D eigenvalue weighted by molar-refractivity contribution is 7.29. The van der Waals surface area contributed by atoms with Crippen LogP contribution in [0.3, 0.4) is 0 Å². The molecule has 0 fully saturated rings. The molecule has 49 heavy (non-hydrogen) atoms. The van der Waals surface area contributed by atoms with E-state index in [9.17, 15) is 0 Å². The summed E-state index contributed by atoms with van der Waals surface area (Å²) in [6.07, 6.45) is 0. The molecule has 8 aromatic rings. The smallest absolute Gasteiger partial charge is 0.185 e. The van der Waals surface area contributed by atoms with E-state index in [1.54, 1.807) is 0 Å². The van der Waals surface area contributed by atoms with Crippen LogP contribution in [0.25, 0.3) is 43.3 Å². The van der Waals surface area contributed by atoms with Gasteiger partial charge in [-0.3, -0.25) is 0 Å². The summed E-state index contributed by atoms with van der Waals surface area (Å²) in [5.74, 6) is 0. The molecule has 230 valence electrons. The topological polar surface area (TPSA) is 25.8 Å². The van der Waals surface area contributed by atoms with Crippen molar-refractivity contribution in [1.82, 2.24) is 9.97 Å². The summed E-state index contributed by atoms with van der Waals surface area (Å²) in [5.41, 5.74) is 8.77. The van der Waals surface area contributed by atoms with Gasteiger partial charge >= 0.3 is 0 Å². The lowest BCUT2D eigenvalue weighted by Crippen LogP contribution is -2.60. The van der Waals surface area contributed by atoms with Gasteiger partial charge in [0.1, 0.15) is 0 Å². The zero-order valence-electron chi connectivity index (χ0n) is 26.9. The van der Waals surface area contributed by atoms with Crippen LogP contribution in [0.2, 0.25) is 0 Å². The number of allylic oxidation sites excluding steroid dienone is 2. The highest BCUT2D eigenvalue weighted by Gasteiger charge is 2.54. The molecule has 0 spiro atoms. The van der Waals surface area contributed by atoms with Crippen molar-refractivity contribution in [2.75, 3.05) is 0 Å². The van der Waals surface area contributed by atoms with Crippen molar-refractivity contribution < 1.29 is 0 Å². The first-order valence-electron chi connectivity index (χ1n) is 16.8. The summed E-state index contributed by atoms with van der Waals surface area (Å²) in [7, 11) is -3.16. The molecule has 0 bridgehead atoms. The molecule has 0 unspecified atom stereocenters. The molecule has 0 aliphatic carbocycles. The maximum Gasteiger partial charge on any atom is 0.185 e. The van der Waals surface area contributed by atoms with Crippen molar-refractivity contribution >= 4 is 61.8 Å². The van der Waals surface area contributed by atoms with Crippen molar-refractivity contribution in [2.24, 2.45) is 0 Å². The number of pyridine rings is 2. The predicted molar refractivity (Wildman–Crippen MR) is 208 cm³/mol. The number of nitrogens with zero attached hydrogens (tertiary/aromatic N) is 2. The zero-order chi connectivity index (χ0) is 32.6. The Balaban J connectivity index is 1.54. The maximum absolute atomic E-state index is 5.52. The molecule has 0 saturated carbocycles. The van der Waals surface area contributed by atoms with Gasteiger partial charge in [-0.05, 0) is 67.3 Å². The van der Waals surface area contributed by atoms with Gasteiger partial charge in [-0.25, -0.2) is 9.97 Å². The number of para-hydroxylation sites is 2. The van der Waals surface area contributed by atoms with Gasteiger partial charge in [0.05, 0.1) is 22.4 Å². The Morgan fingerprint density at radius 1 is 0.306 bits per heavy atom. The average molecular weight is 641 g/mol. The standard InChI is InChI=1S/C46H32N2Si/c1-5-19-35(20-6-1)43-44(36-21-7-2-8-22-36)46(42-32-30-34-18-14-16-28-40(34)48-42)49(37-23-9-3-10-24-37,38-25-11-4-12-26-38)45(43)41-31-29-33-17-13-15-27-39(33)47-41/h1-32H. The normalized spacial score (nSPS) is 14.1. The zero-order valence-corrected chi connectivity index (χ0v) is 27.9. The molecule has 9 rings (SSSR count). The Kier molecular flexibility index (Phi) is 7.18. The summed E-state index contributed by atoms with van der Waals surface area (Å²) in [5, 5.41) is 7.43. The maximum atomic E-state index is 5.52. The number of fused-ring (bicyclic) bond motifs is 2. The van der Waals surface area contributed by atoms with Crippen molar-refractivity contribution in [3.63, 3.8) is 0 Å². The lowest BCUT2D eigenvalue weighted by atomic mass is 9.90. The number of hydrogen-bond acceptors (Lipinski definition) is 2. The molecule has 3 heteroatoms. The highest BCUT2D eigenvalue weighted by atomic mass is 28.3. The summed E-state index contributed by atoms with van der Waals surface area (Å²) in [6, 6.07) is 70.0. The first-order chi connectivity index (χ1) is 24.3. The molecule has 0 atom stereocenters. The Hall–Kier alpha value is -6.16. The first kappa shape index (κ1) is 29.0. The van der Waals surface area contributed by atoms with E-state index in [-0.39, 0.29) is 0 Å². The fraction of sp³-hybridized carbons (Fsp3) is 0. The molecular weight excluding hydrogens is 609 g/mol. The van der Waals surface area contributed by atoms with Gasteiger partial charge in [0, 0.05) is 10.8 Å². The van der Waals surface area contributed by atoms with Crippen LogP contribution >= 0.6 is 0 Å². The monoisotopic (exact) mass is 640 g/mol. The summed E-state index contributed by atoms with van der Waals surface area (Å²) >= 11 is 0. The molecule has 0 saturated heterocycles. The largest absolute Gasteiger partial charge is 0.248 e. The number of hydrogen-bond donors (Lipinski definition) is 0. The van der Waals surface area contributed by atoms with Gasteiger partial charge in [-0.2, -0.15) is 0 Å². The Labute approximate surface area is 287 Å². The molecule has 2 aromatic heterocycles. The lowest BCUT2D eigenvalue weighted by Gasteiger charge is -2.35. The van der Waals surface area contributed by atoms with Crippen LogP contribution in [0, 0.1) is 0 Å². The van der Waals surface area contributed by atoms with Crippen LogP contribution in [0.1, 0.15) is 22.5 Å². The van der Waals surface area contributed by atoms with Crippen LogP contribution < -0.4 is 10.4 Å². The van der Waals surface area contributed by atoms with E-state index in [1.165, 1.54) is 43.0 Å². The van der Waals surface area contributed by atoms with Gasteiger partial charge < -0.3 is 0 Å². The molecule has 1 aliphatic rings. The second kappa shape index (κ2) is 12.1. The van der Waals surface area contributed by atoms with Crippen LogP contribution in [0.4, 0.5) is 0 Å². The molecule has 0 amide bonds. The van der Waals surface area contributed by atoms with E-state index < -0.39 is 8.07 Å². The highest BCUT2D eigenvalue weighted by Crippen LogP contribution is 2.55. The molecule has 0 radical (unpaired) electrons. The van der Waals surface area contributed by atoms with E-state index in [0.717, 1.165) is 33.2 Å². The second-order valence-electron chi connectivity index (χ2n) is 12.5. The fourth-order valence-electron chi connectivity index (χ4n) is 7.71. The molecule has 3 heterocycles. The average Bonchev–Trinajstić information content (AvgIpc) is 3.52. The van der Waals surface area contributed by atoms with Crippen molar-refractivity contribution in [3.8, 4) is 0 Å². The Bertz CT molecular complexity index is 2340. The number of benzene rings is 6. The van der Waals surface area contributed by atoms with Crippen molar-refractivity contribution in [1.29, 1.82) is 0 Å². The Morgan fingerprint density at radius 3 is 1.06 bits per heavy atom. The SMILES string of the molecule is c1ccc(C2=C(c3ccc4ccccc4n3)[Si](c3ccccc3)(c3ccccc3)C(c3ccc4ccccc4n3)=C2c2ccccc2)cc1. The van der Waals surface area contributed by atoms with Crippen LogP contribution in [0.5, 0.6) is 0 Å². The summed E-state index contributed by atoms with van der Waals surface area (Å²) in [4.78, 5) is 11.0. The van der Waals surface area contributed by atoms with Gasteiger partial charge in [0.2, 0.25) is 0 Å².